The van der Waals surface area contributed by atoms with Crippen LogP contribution in [0.25, 0.3) is 0 Å². The van der Waals surface area contributed by atoms with E-state index in [1.165, 1.54) is 5.69 Å². The van der Waals surface area contributed by atoms with Crippen LogP contribution in [0.2, 0.25) is 0 Å². The Balaban J connectivity index is 1.82. The third kappa shape index (κ3) is 5.02. The maximum atomic E-state index is 11.8. The smallest absolute Gasteiger partial charge is 0.224 e. The van der Waals surface area contributed by atoms with Crippen LogP contribution in [-0.2, 0) is 9.53 Å². The van der Waals surface area contributed by atoms with Gasteiger partial charge in [-0.3, -0.25) is 4.79 Å². The molecule has 5 nitrogen and oxygen atoms in total. The number of anilines is 2. The Morgan fingerprint density at radius 2 is 2.00 bits per heavy atom. The van der Waals surface area contributed by atoms with Crippen molar-refractivity contribution in [1.29, 1.82) is 0 Å². The Morgan fingerprint density at radius 3 is 2.62 bits per heavy atom. The average Bonchev–Trinajstić information content (AvgIpc) is 2.54. The second-order valence-corrected chi connectivity index (χ2v) is 5.42. The molecule has 1 saturated heterocycles. The van der Waals surface area contributed by atoms with E-state index in [0.29, 0.717) is 6.42 Å². The van der Waals surface area contributed by atoms with Crippen LogP contribution in [0, 0.1) is 0 Å². The largest absolute Gasteiger partial charge is 0.382 e. The summed E-state index contributed by atoms with van der Waals surface area (Å²) in [6, 6.07) is 8.07. The van der Waals surface area contributed by atoms with Gasteiger partial charge in [-0.15, -0.1) is 0 Å². The molecular weight excluding hydrogens is 266 g/mol. The monoisotopic (exact) mass is 291 g/mol. The van der Waals surface area contributed by atoms with Gasteiger partial charge >= 0.3 is 0 Å². The molecule has 0 saturated carbocycles. The number of methoxy groups -OCH3 is 1. The molecule has 2 N–H and O–H groups in total. The Hall–Kier alpha value is -1.59. The van der Waals surface area contributed by atoms with E-state index < -0.39 is 0 Å². The van der Waals surface area contributed by atoms with E-state index in [0.717, 1.165) is 38.3 Å². The molecule has 2 rings (SSSR count). The predicted molar refractivity (Wildman–Crippen MR) is 85.9 cm³/mol. The molecule has 5 heteroatoms. The number of ether oxygens (including phenoxy) is 1. The van der Waals surface area contributed by atoms with E-state index >= 15 is 0 Å². The first-order chi connectivity index (χ1) is 10.2. The third-order valence-corrected chi connectivity index (χ3v) is 3.81. The predicted octanol–water partition coefficient (Wildman–Crippen LogP) is 1.85. The molecule has 1 aliphatic rings. The first-order valence-electron chi connectivity index (χ1n) is 7.57. The first-order valence-corrected chi connectivity index (χ1v) is 7.57. The van der Waals surface area contributed by atoms with Crippen molar-refractivity contribution in [2.45, 2.75) is 25.9 Å². The molecule has 0 bridgehead atoms. The zero-order chi connectivity index (χ0) is 15.1. The van der Waals surface area contributed by atoms with Crippen LogP contribution >= 0.6 is 0 Å². The van der Waals surface area contributed by atoms with Crippen LogP contribution in [0.4, 0.5) is 11.4 Å². The number of hydrogen-bond acceptors (Lipinski definition) is 4. The summed E-state index contributed by atoms with van der Waals surface area (Å²) in [5.41, 5.74) is 2.06. The van der Waals surface area contributed by atoms with Crippen LogP contribution < -0.4 is 15.5 Å². The molecule has 1 aliphatic heterocycles. The van der Waals surface area contributed by atoms with Crippen molar-refractivity contribution in [3.05, 3.63) is 24.3 Å². The quantitative estimate of drug-likeness (QED) is 0.840. The molecule has 0 aromatic heterocycles. The number of piperazine rings is 1. The van der Waals surface area contributed by atoms with Gasteiger partial charge in [0.25, 0.3) is 0 Å². The van der Waals surface area contributed by atoms with Crippen molar-refractivity contribution < 1.29 is 9.53 Å². The fourth-order valence-electron chi connectivity index (χ4n) is 2.35. The van der Waals surface area contributed by atoms with E-state index in [-0.39, 0.29) is 12.0 Å². The lowest BCUT2D eigenvalue weighted by molar-refractivity contribution is -0.116. The molecule has 1 heterocycles. The van der Waals surface area contributed by atoms with E-state index in [2.05, 4.69) is 27.7 Å². The van der Waals surface area contributed by atoms with E-state index in [9.17, 15) is 4.79 Å². The van der Waals surface area contributed by atoms with Crippen molar-refractivity contribution in [1.82, 2.24) is 5.32 Å². The summed E-state index contributed by atoms with van der Waals surface area (Å²) >= 11 is 0. The van der Waals surface area contributed by atoms with E-state index in [1.807, 2.05) is 19.1 Å². The number of carbonyl (C=O) groups is 1. The zero-order valence-corrected chi connectivity index (χ0v) is 12.9. The second-order valence-electron chi connectivity index (χ2n) is 5.42. The van der Waals surface area contributed by atoms with Gasteiger partial charge in [0.2, 0.25) is 5.91 Å². The third-order valence-electron chi connectivity index (χ3n) is 3.81. The van der Waals surface area contributed by atoms with Crippen molar-refractivity contribution in [2.75, 3.05) is 43.5 Å². The molecular formula is C16H25N3O2. The molecule has 21 heavy (non-hydrogen) atoms. The number of rotatable bonds is 6. The zero-order valence-electron chi connectivity index (χ0n) is 12.9. The van der Waals surface area contributed by atoms with Gasteiger partial charge in [0.15, 0.2) is 0 Å². The Labute approximate surface area is 126 Å². The number of hydrogen-bond donors (Lipinski definition) is 2. The van der Waals surface area contributed by atoms with Crippen molar-refractivity contribution in [3.63, 3.8) is 0 Å². The highest BCUT2D eigenvalue weighted by molar-refractivity contribution is 5.90. The number of carbonyl (C=O) groups excluding carboxylic acids is 1. The van der Waals surface area contributed by atoms with Crippen molar-refractivity contribution in [2.24, 2.45) is 0 Å². The standard InChI is InChI=1S/C16H25N3O2/c1-13(21-2)3-8-16(20)18-14-4-6-15(7-5-14)19-11-9-17-10-12-19/h4-7,13,17H,3,8-12H2,1-2H3,(H,18,20). The van der Waals surface area contributed by atoms with Crippen LogP contribution in [0.1, 0.15) is 19.8 Å². The van der Waals surface area contributed by atoms with Gasteiger partial charge in [-0.25, -0.2) is 0 Å². The van der Waals surface area contributed by atoms with Crippen molar-refractivity contribution in [3.8, 4) is 0 Å². The van der Waals surface area contributed by atoms with Gasteiger partial charge in [0, 0.05) is 51.1 Å². The maximum absolute atomic E-state index is 11.8. The van der Waals surface area contributed by atoms with Gasteiger partial charge < -0.3 is 20.3 Å². The molecule has 1 amide bonds. The summed E-state index contributed by atoms with van der Waals surface area (Å²) in [5, 5.41) is 6.27. The molecule has 1 fully saturated rings. The van der Waals surface area contributed by atoms with Gasteiger partial charge in [-0.1, -0.05) is 0 Å². The maximum Gasteiger partial charge on any atom is 0.224 e. The van der Waals surface area contributed by atoms with Gasteiger partial charge in [-0.2, -0.15) is 0 Å². The molecule has 116 valence electrons. The Kier molecular flexibility index (Phi) is 6.02. The summed E-state index contributed by atoms with van der Waals surface area (Å²) in [6.07, 6.45) is 1.33. The first kappa shape index (κ1) is 15.8. The molecule has 1 aromatic rings. The molecule has 1 aromatic carbocycles. The van der Waals surface area contributed by atoms with Gasteiger partial charge in [0.1, 0.15) is 0 Å². The lowest BCUT2D eigenvalue weighted by Crippen LogP contribution is -2.43. The van der Waals surface area contributed by atoms with Gasteiger partial charge in [0.05, 0.1) is 6.10 Å². The lowest BCUT2D eigenvalue weighted by Gasteiger charge is -2.29. The van der Waals surface area contributed by atoms with Crippen LogP contribution in [0.15, 0.2) is 24.3 Å². The number of amides is 1. The summed E-state index contributed by atoms with van der Waals surface area (Å²) in [6.45, 7) is 6.07. The summed E-state index contributed by atoms with van der Waals surface area (Å²) in [7, 11) is 1.66. The normalized spacial score (nSPS) is 16.6. The van der Waals surface area contributed by atoms with Crippen LogP contribution in [-0.4, -0.2) is 45.3 Å². The SMILES string of the molecule is COC(C)CCC(=O)Nc1ccc(N2CCNCC2)cc1. The minimum atomic E-state index is 0.0359. The Morgan fingerprint density at radius 1 is 1.33 bits per heavy atom. The summed E-state index contributed by atoms with van der Waals surface area (Å²) in [4.78, 5) is 14.2. The second kappa shape index (κ2) is 8.00. The lowest BCUT2D eigenvalue weighted by atomic mass is 10.2. The molecule has 1 unspecified atom stereocenters. The van der Waals surface area contributed by atoms with Crippen LogP contribution in [0.3, 0.4) is 0 Å². The average molecular weight is 291 g/mol. The Bertz CT molecular complexity index is 441. The van der Waals surface area contributed by atoms with E-state index in [4.69, 9.17) is 4.74 Å². The molecule has 0 aliphatic carbocycles. The highest BCUT2D eigenvalue weighted by Crippen LogP contribution is 2.18. The van der Waals surface area contributed by atoms with E-state index in [1.54, 1.807) is 7.11 Å². The van der Waals surface area contributed by atoms with Crippen molar-refractivity contribution >= 4 is 17.3 Å². The molecule has 0 spiro atoms. The topological polar surface area (TPSA) is 53.6 Å². The number of benzene rings is 1. The fourth-order valence-corrected chi connectivity index (χ4v) is 2.35. The summed E-state index contributed by atoms with van der Waals surface area (Å²) in [5.74, 6) is 0.0359. The molecule has 0 radical (unpaired) electrons. The van der Waals surface area contributed by atoms with Crippen LogP contribution in [0.5, 0.6) is 0 Å². The fraction of sp³-hybridized carbons (Fsp3) is 0.562. The molecule has 1 atom stereocenters. The summed E-state index contributed by atoms with van der Waals surface area (Å²) < 4.78 is 5.14. The number of nitrogens with one attached hydrogen (secondary N) is 2. The minimum absolute atomic E-state index is 0.0359. The highest BCUT2D eigenvalue weighted by atomic mass is 16.5. The highest BCUT2D eigenvalue weighted by Gasteiger charge is 2.10. The number of nitrogens with zero attached hydrogens (tertiary/aromatic N) is 1. The van der Waals surface area contributed by atoms with Gasteiger partial charge in [-0.05, 0) is 37.6 Å². The minimum Gasteiger partial charge on any atom is -0.382 e.